The molecule has 0 radical (unpaired) electrons. The Bertz CT molecular complexity index is 1420. The van der Waals surface area contributed by atoms with Crippen LogP contribution in [0.25, 0.3) is 0 Å². The molecule has 5 rings (SSSR count). The van der Waals surface area contributed by atoms with Crippen LogP contribution in [-0.4, -0.2) is 81.4 Å². The third kappa shape index (κ3) is 6.41. The van der Waals surface area contributed by atoms with Gasteiger partial charge in [-0.15, -0.1) is 0 Å². The minimum atomic E-state index is -1.37. The van der Waals surface area contributed by atoms with Crippen LogP contribution in [0.5, 0.6) is 5.75 Å². The Morgan fingerprint density at radius 2 is 1.73 bits per heavy atom. The van der Waals surface area contributed by atoms with E-state index in [-0.39, 0.29) is 29.4 Å². The van der Waals surface area contributed by atoms with Gasteiger partial charge in [-0.2, -0.15) is 0 Å². The fourth-order valence-electron chi connectivity index (χ4n) is 6.59. The van der Waals surface area contributed by atoms with Crippen molar-refractivity contribution in [3.05, 3.63) is 76.5 Å². The van der Waals surface area contributed by atoms with Crippen molar-refractivity contribution in [3.8, 4) is 5.75 Å². The molecule has 1 saturated carbocycles. The second-order valence-electron chi connectivity index (χ2n) is 11.4. The van der Waals surface area contributed by atoms with Gasteiger partial charge in [-0.25, -0.2) is 28.1 Å². The summed E-state index contributed by atoms with van der Waals surface area (Å²) in [7, 11) is 4.22. The van der Waals surface area contributed by atoms with Crippen LogP contribution in [0, 0.1) is 17.6 Å². The zero-order valence-electron chi connectivity index (χ0n) is 25.1. The number of imide groups is 1. The Labute approximate surface area is 255 Å². The van der Waals surface area contributed by atoms with Crippen LogP contribution >= 0.6 is 0 Å². The Balaban J connectivity index is 1.22. The van der Waals surface area contributed by atoms with Crippen molar-refractivity contribution in [3.63, 3.8) is 0 Å². The van der Waals surface area contributed by atoms with E-state index < -0.39 is 35.7 Å². The number of halogens is 2. The molecule has 1 saturated heterocycles. The number of amides is 4. The molecule has 2 heterocycles. The summed E-state index contributed by atoms with van der Waals surface area (Å²) in [5.41, 5.74) is 1.24. The molecule has 0 aromatic heterocycles. The predicted octanol–water partition coefficient (Wildman–Crippen LogP) is 4.48. The largest absolute Gasteiger partial charge is 0.496 e. The van der Waals surface area contributed by atoms with Gasteiger partial charge in [0.2, 0.25) is 0 Å². The van der Waals surface area contributed by atoms with E-state index in [4.69, 9.17) is 14.2 Å². The number of carbonyl (C=O) groups excluding carboxylic acids is 3. The first-order valence-corrected chi connectivity index (χ1v) is 14.8. The van der Waals surface area contributed by atoms with Crippen LogP contribution in [-0.2, 0) is 14.3 Å². The van der Waals surface area contributed by atoms with Gasteiger partial charge in [0, 0.05) is 38.7 Å². The van der Waals surface area contributed by atoms with Gasteiger partial charge in [0.1, 0.15) is 11.8 Å². The summed E-state index contributed by atoms with van der Waals surface area (Å²) in [5, 5.41) is 5.33. The number of urea groups is 2. The maximum absolute atomic E-state index is 14.3. The first-order chi connectivity index (χ1) is 21.2. The minimum Gasteiger partial charge on any atom is -0.496 e. The lowest BCUT2D eigenvalue weighted by Crippen LogP contribution is -2.59. The van der Waals surface area contributed by atoms with E-state index in [1.54, 1.807) is 7.11 Å². The molecule has 12 heteroatoms. The van der Waals surface area contributed by atoms with E-state index in [1.165, 1.54) is 18.7 Å². The molecule has 1 aliphatic carbocycles. The third-order valence-electron chi connectivity index (χ3n) is 8.82. The highest BCUT2D eigenvalue weighted by Gasteiger charge is 2.44. The highest BCUT2D eigenvalue weighted by atomic mass is 19.2. The number of carbonyl (C=O) groups is 3. The lowest BCUT2D eigenvalue weighted by atomic mass is 9.79. The van der Waals surface area contributed by atoms with E-state index in [0.29, 0.717) is 18.5 Å². The van der Waals surface area contributed by atoms with E-state index in [2.05, 4.69) is 27.7 Å². The van der Waals surface area contributed by atoms with Gasteiger partial charge in [0.15, 0.2) is 11.6 Å². The molecule has 1 atom stereocenters. The zero-order chi connectivity index (χ0) is 31.4. The molecule has 10 nitrogen and oxygen atoms in total. The Hall–Kier alpha value is -4.03. The summed E-state index contributed by atoms with van der Waals surface area (Å²) in [6.07, 6.45) is 4.33. The van der Waals surface area contributed by atoms with Gasteiger partial charge >= 0.3 is 18.0 Å². The molecule has 2 fully saturated rings. The maximum Gasteiger partial charge on any atom is 0.338 e. The van der Waals surface area contributed by atoms with Crippen LogP contribution in [0.4, 0.5) is 18.4 Å². The molecule has 2 aliphatic heterocycles. The van der Waals surface area contributed by atoms with Gasteiger partial charge in [0.05, 0.1) is 32.1 Å². The topological polar surface area (TPSA) is 109 Å². The van der Waals surface area contributed by atoms with E-state index in [9.17, 15) is 23.2 Å². The molecule has 44 heavy (non-hydrogen) atoms. The zero-order valence-corrected chi connectivity index (χ0v) is 25.1. The summed E-state index contributed by atoms with van der Waals surface area (Å²) in [6.45, 7) is 1.76. The summed E-state index contributed by atoms with van der Waals surface area (Å²) in [5.74, 6) is -1.54. The van der Waals surface area contributed by atoms with Crippen molar-refractivity contribution in [2.45, 2.75) is 43.7 Å². The lowest BCUT2D eigenvalue weighted by molar-refractivity contribution is -0.137. The van der Waals surface area contributed by atoms with Crippen LogP contribution in [0.3, 0.4) is 0 Å². The number of benzene rings is 2. The molecule has 3 aliphatic rings. The van der Waals surface area contributed by atoms with Gasteiger partial charge < -0.3 is 24.8 Å². The molecule has 236 valence electrons. The van der Waals surface area contributed by atoms with Crippen LogP contribution in [0.2, 0.25) is 0 Å². The van der Waals surface area contributed by atoms with Crippen LogP contribution < -0.4 is 15.4 Å². The summed E-state index contributed by atoms with van der Waals surface area (Å²) < 4.78 is 43.7. The molecule has 0 spiro atoms. The molecule has 2 N–H and O–H groups in total. The average Bonchev–Trinajstić information content (AvgIpc) is 3.01. The monoisotopic (exact) mass is 612 g/mol. The Kier molecular flexibility index (Phi) is 9.80. The standard InChI is InChI=1S/C32H38F2N4O6/c1-42-18-26-28(30(39)44-3)29(21-10-13-24(33)25(34)14-21)38(32(41)36-26)31(40)35-15-19-16-37(17-19)22-11-8-20(9-12-22)23-6-4-5-7-27(23)43-2/h4-7,10,13-14,19-20,22,29H,8-9,11-12,15-18H2,1-3H3,(H,35,40)(H,36,41). The number of para-hydroxylation sites is 1. The highest BCUT2D eigenvalue weighted by Crippen LogP contribution is 2.40. The highest BCUT2D eigenvalue weighted by molar-refractivity contribution is 6.01. The normalized spacial score (nSPS) is 22.7. The summed E-state index contributed by atoms with van der Waals surface area (Å²) in [6, 6.07) is 8.66. The van der Waals surface area contributed by atoms with Gasteiger partial charge in [0.25, 0.3) is 0 Å². The molecule has 4 amide bonds. The van der Waals surface area contributed by atoms with Gasteiger partial charge in [-0.3, -0.25) is 4.90 Å². The minimum absolute atomic E-state index is 0.0291. The number of esters is 1. The number of methoxy groups -OCH3 is 3. The quantitative estimate of drug-likeness (QED) is 0.402. The smallest absolute Gasteiger partial charge is 0.338 e. The lowest BCUT2D eigenvalue weighted by Gasteiger charge is -2.47. The number of hydrogen-bond acceptors (Lipinski definition) is 7. The Morgan fingerprint density at radius 3 is 2.39 bits per heavy atom. The van der Waals surface area contributed by atoms with Gasteiger partial charge in [-0.1, -0.05) is 24.3 Å². The first-order valence-electron chi connectivity index (χ1n) is 14.8. The van der Waals surface area contributed by atoms with E-state index in [0.717, 1.165) is 68.7 Å². The summed E-state index contributed by atoms with van der Waals surface area (Å²) in [4.78, 5) is 42.8. The van der Waals surface area contributed by atoms with Crippen molar-refractivity contribution < 1.29 is 37.4 Å². The maximum atomic E-state index is 14.3. The van der Waals surface area contributed by atoms with Crippen LogP contribution in [0.15, 0.2) is 53.7 Å². The van der Waals surface area contributed by atoms with Crippen molar-refractivity contribution in [2.75, 3.05) is 47.6 Å². The number of nitrogens with zero attached hydrogens (tertiary/aromatic N) is 2. The number of ether oxygens (including phenoxy) is 3. The first kappa shape index (κ1) is 31.4. The van der Waals surface area contributed by atoms with Crippen LogP contribution in [0.1, 0.15) is 48.8 Å². The van der Waals surface area contributed by atoms with E-state index >= 15 is 0 Å². The van der Waals surface area contributed by atoms with E-state index in [1.807, 2.05) is 12.1 Å². The van der Waals surface area contributed by atoms with Crippen molar-refractivity contribution in [1.82, 2.24) is 20.4 Å². The number of hydrogen-bond donors (Lipinski definition) is 2. The molecular formula is C32H38F2N4O6. The molecule has 2 aromatic rings. The van der Waals surface area contributed by atoms with Crippen molar-refractivity contribution in [1.29, 1.82) is 0 Å². The predicted molar refractivity (Wildman–Crippen MR) is 157 cm³/mol. The fraction of sp³-hybridized carbons (Fsp3) is 0.469. The third-order valence-corrected chi connectivity index (χ3v) is 8.82. The van der Waals surface area contributed by atoms with Crippen molar-refractivity contribution >= 4 is 18.0 Å². The summed E-state index contributed by atoms with van der Waals surface area (Å²) >= 11 is 0. The number of likely N-dealkylation sites (tertiary alicyclic amines) is 1. The SMILES string of the molecule is COCC1=C(C(=O)OC)C(c2ccc(F)c(F)c2)N(C(=O)NCC2CN(C3CCC(c4ccccc4OC)CC3)C2)C(=O)N1. The van der Waals surface area contributed by atoms with Gasteiger partial charge in [-0.05, 0) is 60.9 Å². The molecule has 1 unspecified atom stereocenters. The molecular weight excluding hydrogens is 574 g/mol. The Morgan fingerprint density at radius 1 is 1.00 bits per heavy atom. The van der Waals surface area contributed by atoms with Crippen molar-refractivity contribution in [2.24, 2.45) is 5.92 Å². The second-order valence-corrected chi connectivity index (χ2v) is 11.4. The molecule has 2 aromatic carbocycles. The number of nitrogens with one attached hydrogen (secondary N) is 2. The average molecular weight is 613 g/mol. The number of rotatable bonds is 9. The second kappa shape index (κ2) is 13.7. The fourth-order valence-corrected chi connectivity index (χ4v) is 6.59. The molecule has 0 bridgehead atoms.